The van der Waals surface area contributed by atoms with E-state index >= 15 is 0 Å². The van der Waals surface area contributed by atoms with E-state index in [0.717, 1.165) is 22.1 Å². The first-order valence-electron chi connectivity index (χ1n) is 5.97. The molecular formula is C14H18N2OS. The lowest BCUT2D eigenvalue weighted by molar-refractivity contribution is 0.416. The van der Waals surface area contributed by atoms with Crippen molar-refractivity contribution in [1.29, 1.82) is 0 Å². The molecule has 0 amide bonds. The van der Waals surface area contributed by atoms with Gasteiger partial charge >= 0.3 is 0 Å². The van der Waals surface area contributed by atoms with Crippen LogP contribution in [0, 0.1) is 6.92 Å². The lowest BCUT2D eigenvalue weighted by Gasteiger charge is -2.07. The molecule has 0 fully saturated rings. The number of ether oxygens (including phenoxy) is 1. The summed E-state index contributed by atoms with van der Waals surface area (Å²) in [5, 5.41) is 6.32. The van der Waals surface area contributed by atoms with Crippen LogP contribution >= 0.6 is 11.3 Å². The van der Waals surface area contributed by atoms with Gasteiger partial charge in [0, 0.05) is 17.0 Å². The van der Waals surface area contributed by atoms with Crippen molar-refractivity contribution in [1.82, 2.24) is 4.98 Å². The zero-order chi connectivity index (χ0) is 13.1. The van der Waals surface area contributed by atoms with Crippen LogP contribution in [0.25, 0.3) is 11.3 Å². The molecule has 1 aromatic carbocycles. The average molecular weight is 262 g/mol. The molecule has 0 saturated heterocycles. The Balaban J connectivity index is 2.36. The van der Waals surface area contributed by atoms with Crippen molar-refractivity contribution in [3.63, 3.8) is 0 Å². The smallest absolute Gasteiger partial charge is 0.183 e. The highest BCUT2D eigenvalue weighted by molar-refractivity contribution is 7.14. The summed E-state index contributed by atoms with van der Waals surface area (Å²) in [5.74, 6) is 0.863. The van der Waals surface area contributed by atoms with E-state index in [4.69, 9.17) is 4.74 Å². The molecular weight excluding hydrogens is 244 g/mol. The predicted octanol–water partition coefficient (Wildman–Crippen LogP) is 3.95. The van der Waals surface area contributed by atoms with Crippen LogP contribution in [0.15, 0.2) is 23.6 Å². The van der Waals surface area contributed by atoms with E-state index in [1.54, 1.807) is 18.4 Å². The Bertz CT molecular complexity index is 534. The fraction of sp³-hybridized carbons (Fsp3) is 0.357. The maximum atomic E-state index is 5.39. The Morgan fingerprint density at radius 2 is 2.11 bits per heavy atom. The summed E-state index contributed by atoms with van der Waals surface area (Å²) in [5.41, 5.74) is 3.21. The van der Waals surface area contributed by atoms with Crippen molar-refractivity contribution < 1.29 is 4.74 Å². The minimum absolute atomic E-state index is 0.392. The number of anilines is 1. The van der Waals surface area contributed by atoms with Gasteiger partial charge in [0.25, 0.3) is 0 Å². The van der Waals surface area contributed by atoms with Gasteiger partial charge in [-0.1, -0.05) is 11.6 Å². The topological polar surface area (TPSA) is 34.1 Å². The van der Waals surface area contributed by atoms with Crippen LogP contribution in [0.1, 0.15) is 19.4 Å². The third-order valence-corrected chi connectivity index (χ3v) is 3.32. The van der Waals surface area contributed by atoms with Gasteiger partial charge in [0.15, 0.2) is 5.13 Å². The molecule has 0 aliphatic rings. The molecule has 1 heterocycles. The Labute approximate surface area is 112 Å². The van der Waals surface area contributed by atoms with Gasteiger partial charge in [-0.3, -0.25) is 0 Å². The molecule has 0 aliphatic heterocycles. The molecule has 4 heteroatoms. The quantitative estimate of drug-likeness (QED) is 0.906. The average Bonchev–Trinajstić information content (AvgIpc) is 2.76. The van der Waals surface area contributed by atoms with Crippen LogP contribution < -0.4 is 10.1 Å². The van der Waals surface area contributed by atoms with Crippen LogP contribution in [0.4, 0.5) is 5.13 Å². The van der Waals surface area contributed by atoms with E-state index < -0.39 is 0 Å². The third-order valence-electron chi connectivity index (χ3n) is 2.55. The summed E-state index contributed by atoms with van der Waals surface area (Å²) in [6, 6.07) is 6.53. The Kier molecular flexibility index (Phi) is 3.87. The number of aryl methyl sites for hydroxylation is 1. The normalized spacial score (nSPS) is 10.7. The minimum atomic E-state index is 0.392. The fourth-order valence-corrected chi connectivity index (χ4v) is 2.59. The van der Waals surface area contributed by atoms with Gasteiger partial charge in [-0.25, -0.2) is 4.98 Å². The molecule has 1 N–H and O–H groups in total. The first-order chi connectivity index (χ1) is 8.60. The number of rotatable bonds is 4. The summed E-state index contributed by atoms with van der Waals surface area (Å²) in [6.45, 7) is 6.28. The van der Waals surface area contributed by atoms with Crippen molar-refractivity contribution in [2.24, 2.45) is 0 Å². The lowest BCUT2D eigenvalue weighted by Crippen LogP contribution is -2.09. The van der Waals surface area contributed by atoms with E-state index in [0.29, 0.717) is 6.04 Å². The highest BCUT2D eigenvalue weighted by atomic mass is 32.1. The van der Waals surface area contributed by atoms with Gasteiger partial charge in [0.05, 0.1) is 12.8 Å². The molecule has 2 aromatic rings. The molecule has 0 bridgehead atoms. The van der Waals surface area contributed by atoms with Crippen LogP contribution in [0.5, 0.6) is 5.75 Å². The van der Waals surface area contributed by atoms with Crippen LogP contribution in [0.2, 0.25) is 0 Å². The van der Waals surface area contributed by atoms with E-state index in [1.165, 1.54) is 5.56 Å². The van der Waals surface area contributed by atoms with Gasteiger partial charge in [-0.2, -0.15) is 0 Å². The minimum Gasteiger partial charge on any atom is -0.496 e. The third kappa shape index (κ3) is 2.82. The summed E-state index contributed by atoms with van der Waals surface area (Å²) in [7, 11) is 1.69. The van der Waals surface area contributed by atoms with Crippen LogP contribution in [-0.4, -0.2) is 18.1 Å². The zero-order valence-corrected chi connectivity index (χ0v) is 12.0. The molecule has 1 aromatic heterocycles. The number of hydrogen-bond acceptors (Lipinski definition) is 4. The molecule has 0 aliphatic carbocycles. The van der Waals surface area contributed by atoms with Crippen LogP contribution in [-0.2, 0) is 0 Å². The molecule has 0 radical (unpaired) electrons. The van der Waals surface area contributed by atoms with E-state index in [9.17, 15) is 0 Å². The summed E-state index contributed by atoms with van der Waals surface area (Å²) in [4.78, 5) is 4.60. The zero-order valence-electron chi connectivity index (χ0n) is 11.2. The van der Waals surface area contributed by atoms with Gasteiger partial charge in [0.2, 0.25) is 0 Å². The highest BCUT2D eigenvalue weighted by Crippen LogP contribution is 2.33. The summed E-state index contributed by atoms with van der Waals surface area (Å²) in [6.07, 6.45) is 0. The molecule has 0 atom stereocenters. The Morgan fingerprint density at radius 3 is 2.78 bits per heavy atom. The van der Waals surface area contributed by atoms with Gasteiger partial charge < -0.3 is 10.1 Å². The Morgan fingerprint density at radius 1 is 1.33 bits per heavy atom. The number of thiazole rings is 1. The standard InChI is InChI=1S/C14H18N2OS/c1-9(2)15-14-16-12(8-18-14)11-7-10(3)5-6-13(11)17-4/h5-9H,1-4H3,(H,15,16). The van der Waals surface area contributed by atoms with Gasteiger partial charge in [0.1, 0.15) is 5.75 Å². The monoisotopic (exact) mass is 262 g/mol. The summed E-state index contributed by atoms with van der Waals surface area (Å²) >= 11 is 1.62. The fourth-order valence-electron chi connectivity index (χ4n) is 1.73. The number of nitrogens with zero attached hydrogens (tertiary/aromatic N) is 1. The SMILES string of the molecule is COc1ccc(C)cc1-c1csc(NC(C)C)n1. The van der Waals surface area contributed by atoms with Crippen molar-refractivity contribution in [3.05, 3.63) is 29.1 Å². The lowest BCUT2D eigenvalue weighted by atomic mass is 10.1. The Hall–Kier alpha value is -1.55. The van der Waals surface area contributed by atoms with Crippen LogP contribution in [0.3, 0.4) is 0 Å². The molecule has 3 nitrogen and oxygen atoms in total. The number of benzene rings is 1. The summed E-state index contributed by atoms with van der Waals surface area (Å²) < 4.78 is 5.39. The second kappa shape index (κ2) is 5.40. The van der Waals surface area contributed by atoms with E-state index in [2.05, 4.69) is 42.5 Å². The van der Waals surface area contributed by atoms with Crippen molar-refractivity contribution in [3.8, 4) is 17.0 Å². The molecule has 0 saturated carbocycles. The predicted molar refractivity (Wildman–Crippen MR) is 77.6 cm³/mol. The van der Waals surface area contributed by atoms with E-state index in [1.807, 2.05) is 12.1 Å². The number of nitrogens with one attached hydrogen (secondary N) is 1. The highest BCUT2D eigenvalue weighted by Gasteiger charge is 2.10. The van der Waals surface area contributed by atoms with Crippen molar-refractivity contribution in [2.75, 3.05) is 12.4 Å². The maximum Gasteiger partial charge on any atom is 0.183 e. The maximum absolute atomic E-state index is 5.39. The van der Waals surface area contributed by atoms with Crippen molar-refractivity contribution >= 4 is 16.5 Å². The molecule has 0 spiro atoms. The first kappa shape index (κ1) is 12.9. The first-order valence-corrected chi connectivity index (χ1v) is 6.85. The van der Waals surface area contributed by atoms with Crippen molar-refractivity contribution in [2.45, 2.75) is 26.8 Å². The molecule has 0 unspecified atom stereocenters. The number of methoxy groups -OCH3 is 1. The van der Waals surface area contributed by atoms with Gasteiger partial charge in [-0.05, 0) is 32.9 Å². The molecule has 18 heavy (non-hydrogen) atoms. The van der Waals surface area contributed by atoms with E-state index in [-0.39, 0.29) is 0 Å². The van der Waals surface area contributed by atoms with Gasteiger partial charge in [-0.15, -0.1) is 11.3 Å². The largest absolute Gasteiger partial charge is 0.496 e. The number of aromatic nitrogens is 1. The molecule has 2 rings (SSSR count). The second-order valence-electron chi connectivity index (χ2n) is 4.54. The molecule has 96 valence electrons. The second-order valence-corrected chi connectivity index (χ2v) is 5.40. The number of hydrogen-bond donors (Lipinski definition) is 1.